The molecule has 2 aromatic carbocycles. The first kappa shape index (κ1) is 22.3. The predicted molar refractivity (Wildman–Crippen MR) is 118 cm³/mol. The Hall–Kier alpha value is -3.41. The number of ether oxygens (including phenoxy) is 1. The van der Waals surface area contributed by atoms with Crippen LogP contribution in [0.2, 0.25) is 0 Å². The number of carbonyl (C=O) groups is 1. The minimum Gasteiger partial charge on any atom is -0.508 e. The standard InChI is InChI=1S/C25H28O6/c1-13(2)5-8-17-22(28)18(9-6-14(3)4)25-21(23(17)29)24(30)19(12-31-25)16-10-7-15(26)11-20(16)27/h5-7,10-11,19,26-29H,8-9,12H2,1-4H3/t19-/m1/s1. The molecule has 0 bridgehead atoms. The van der Waals surface area contributed by atoms with Crippen LogP contribution in [0.4, 0.5) is 0 Å². The zero-order chi connectivity index (χ0) is 22.9. The summed E-state index contributed by atoms with van der Waals surface area (Å²) < 4.78 is 5.89. The normalized spacial score (nSPS) is 15.1. The number of benzene rings is 2. The molecule has 0 fully saturated rings. The van der Waals surface area contributed by atoms with E-state index in [-0.39, 0.29) is 52.9 Å². The van der Waals surface area contributed by atoms with Crippen molar-refractivity contribution in [1.29, 1.82) is 0 Å². The van der Waals surface area contributed by atoms with E-state index in [2.05, 4.69) is 0 Å². The number of Topliss-reactive ketones (excluding diaryl/α,β-unsaturated/α-hetero) is 1. The van der Waals surface area contributed by atoms with Crippen LogP contribution in [0.3, 0.4) is 0 Å². The summed E-state index contributed by atoms with van der Waals surface area (Å²) in [6.45, 7) is 7.63. The monoisotopic (exact) mass is 424 g/mol. The van der Waals surface area contributed by atoms with Gasteiger partial charge in [0.2, 0.25) is 0 Å². The van der Waals surface area contributed by atoms with Gasteiger partial charge in [0.05, 0.1) is 5.92 Å². The second-order valence-corrected chi connectivity index (χ2v) is 8.30. The second-order valence-electron chi connectivity index (χ2n) is 8.30. The van der Waals surface area contributed by atoms with Crippen LogP contribution in [-0.2, 0) is 12.8 Å². The van der Waals surface area contributed by atoms with E-state index in [4.69, 9.17) is 4.74 Å². The Kier molecular flexibility index (Phi) is 6.29. The molecular formula is C25H28O6. The Morgan fingerprint density at radius 3 is 2.16 bits per heavy atom. The summed E-state index contributed by atoms with van der Waals surface area (Å²) in [4.78, 5) is 13.4. The lowest BCUT2D eigenvalue weighted by molar-refractivity contribution is 0.0888. The van der Waals surface area contributed by atoms with Crippen molar-refractivity contribution in [1.82, 2.24) is 0 Å². The van der Waals surface area contributed by atoms with Gasteiger partial charge in [-0.25, -0.2) is 0 Å². The molecule has 31 heavy (non-hydrogen) atoms. The maximum absolute atomic E-state index is 13.4. The number of carbonyl (C=O) groups excluding carboxylic acids is 1. The van der Waals surface area contributed by atoms with Gasteiger partial charge in [0.15, 0.2) is 5.78 Å². The van der Waals surface area contributed by atoms with Gasteiger partial charge in [0.1, 0.15) is 40.9 Å². The van der Waals surface area contributed by atoms with Gasteiger partial charge in [-0.1, -0.05) is 29.4 Å². The van der Waals surface area contributed by atoms with Gasteiger partial charge in [-0.15, -0.1) is 0 Å². The first-order valence-electron chi connectivity index (χ1n) is 10.2. The van der Waals surface area contributed by atoms with Crippen LogP contribution in [0.1, 0.15) is 60.7 Å². The van der Waals surface area contributed by atoms with E-state index < -0.39 is 11.7 Å². The summed E-state index contributed by atoms with van der Waals surface area (Å²) in [7, 11) is 0. The molecule has 0 spiro atoms. The first-order valence-corrected chi connectivity index (χ1v) is 10.2. The molecule has 1 heterocycles. The highest BCUT2D eigenvalue weighted by molar-refractivity contribution is 6.07. The van der Waals surface area contributed by atoms with Gasteiger partial charge in [0.25, 0.3) is 0 Å². The highest BCUT2D eigenvalue weighted by atomic mass is 16.5. The van der Waals surface area contributed by atoms with E-state index in [1.54, 1.807) is 0 Å². The number of hydrogen-bond donors (Lipinski definition) is 4. The lowest BCUT2D eigenvalue weighted by Crippen LogP contribution is -2.27. The van der Waals surface area contributed by atoms with Gasteiger partial charge in [-0.05, 0) is 46.6 Å². The molecule has 0 radical (unpaired) electrons. The third-order valence-corrected chi connectivity index (χ3v) is 5.37. The molecule has 3 rings (SSSR count). The third kappa shape index (κ3) is 4.38. The maximum Gasteiger partial charge on any atom is 0.181 e. The molecule has 0 saturated carbocycles. The van der Waals surface area contributed by atoms with Gasteiger partial charge in [-0.2, -0.15) is 0 Å². The highest BCUT2D eigenvalue weighted by Gasteiger charge is 2.38. The van der Waals surface area contributed by atoms with E-state index in [9.17, 15) is 25.2 Å². The zero-order valence-electron chi connectivity index (χ0n) is 18.2. The quantitative estimate of drug-likeness (QED) is 0.509. The number of phenolic OH excluding ortho intramolecular Hbond substituents is 4. The molecule has 0 aliphatic carbocycles. The zero-order valence-corrected chi connectivity index (χ0v) is 18.2. The van der Waals surface area contributed by atoms with Crippen molar-refractivity contribution in [3.05, 3.63) is 63.8 Å². The third-order valence-electron chi connectivity index (χ3n) is 5.37. The Morgan fingerprint density at radius 1 is 0.968 bits per heavy atom. The fourth-order valence-electron chi connectivity index (χ4n) is 3.67. The number of hydrogen-bond acceptors (Lipinski definition) is 6. The topological polar surface area (TPSA) is 107 Å². The molecular weight excluding hydrogens is 396 g/mol. The highest BCUT2D eigenvalue weighted by Crippen LogP contribution is 2.48. The van der Waals surface area contributed by atoms with Crippen LogP contribution in [0.15, 0.2) is 41.5 Å². The number of ketones is 1. The summed E-state index contributed by atoms with van der Waals surface area (Å²) in [5, 5.41) is 41.7. The van der Waals surface area contributed by atoms with E-state index in [0.29, 0.717) is 17.5 Å². The van der Waals surface area contributed by atoms with Crippen molar-refractivity contribution in [2.45, 2.75) is 46.5 Å². The lowest BCUT2D eigenvalue weighted by atomic mass is 9.84. The second kappa shape index (κ2) is 8.76. The van der Waals surface area contributed by atoms with Crippen LogP contribution >= 0.6 is 0 Å². The molecule has 6 heteroatoms. The Balaban J connectivity index is 2.19. The van der Waals surface area contributed by atoms with Crippen LogP contribution in [-0.4, -0.2) is 32.8 Å². The smallest absolute Gasteiger partial charge is 0.181 e. The number of rotatable bonds is 5. The molecule has 1 aliphatic heterocycles. The fourth-order valence-corrected chi connectivity index (χ4v) is 3.67. The van der Waals surface area contributed by atoms with Gasteiger partial charge < -0.3 is 25.2 Å². The Labute approximate surface area is 181 Å². The van der Waals surface area contributed by atoms with Crippen molar-refractivity contribution < 1.29 is 30.0 Å². The number of fused-ring (bicyclic) bond motifs is 1. The van der Waals surface area contributed by atoms with Gasteiger partial charge >= 0.3 is 0 Å². The van der Waals surface area contributed by atoms with Crippen molar-refractivity contribution >= 4 is 5.78 Å². The van der Waals surface area contributed by atoms with Crippen molar-refractivity contribution in [3.8, 4) is 28.7 Å². The van der Waals surface area contributed by atoms with Crippen molar-refractivity contribution in [2.24, 2.45) is 0 Å². The average Bonchev–Trinajstić information content (AvgIpc) is 2.68. The SMILES string of the molecule is CC(C)=CCc1c(O)c(CC=C(C)C)c2c(c1O)C(=O)[C@@H](c1ccc(O)cc1O)CO2. The van der Waals surface area contributed by atoms with E-state index in [1.165, 1.54) is 12.1 Å². The molecule has 2 aromatic rings. The molecule has 4 N–H and O–H groups in total. The number of aromatic hydroxyl groups is 4. The molecule has 1 atom stereocenters. The largest absolute Gasteiger partial charge is 0.508 e. The maximum atomic E-state index is 13.4. The Morgan fingerprint density at radius 2 is 1.58 bits per heavy atom. The lowest BCUT2D eigenvalue weighted by Gasteiger charge is -2.29. The van der Waals surface area contributed by atoms with Crippen LogP contribution < -0.4 is 4.74 Å². The van der Waals surface area contributed by atoms with E-state index >= 15 is 0 Å². The van der Waals surface area contributed by atoms with Crippen molar-refractivity contribution in [2.75, 3.05) is 6.61 Å². The molecule has 6 nitrogen and oxygen atoms in total. The minimum atomic E-state index is -0.851. The summed E-state index contributed by atoms with van der Waals surface area (Å²) in [5.74, 6) is -1.81. The van der Waals surface area contributed by atoms with E-state index in [1.807, 2.05) is 39.8 Å². The molecule has 1 aliphatic rings. The number of phenols is 4. The van der Waals surface area contributed by atoms with E-state index in [0.717, 1.165) is 17.2 Å². The summed E-state index contributed by atoms with van der Waals surface area (Å²) in [5.41, 5.74) is 3.09. The molecule has 164 valence electrons. The minimum absolute atomic E-state index is 0.0100. The summed E-state index contributed by atoms with van der Waals surface area (Å²) in [6, 6.07) is 4.01. The van der Waals surface area contributed by atoms with Crippen LogP contribution in [0, 0.1) is 0 Å². The Bertz CT molecular complexity index is 1090. The van der Waals surface area contributed by atoms with Crippen molar-refractivity contribution in [3.63, 3.8) is 0 Å². The summed E-state index contributed by atoms with van der Waals surface area (Å²) in [6.07, 6.45) is 4.39. The fraction of sp³-hybridized carbons (Fsp3) is 0.320. The first-order chi connectivity index (χ1) is 14.6. The summed E-state index contributed by atoms with van der Waals surface area (Å²) >= 11 is 0. The predicted octanol–water partition coefficient (Wildman–Crippen LogP) is 4.89. The van der Waals surface area contributed by atoms with Gasteiger partial charge in [0, 0.05) is 22.8 Å². The molecule has 0 unspecified atom stereocenters. The van der Waals surface area contributed by atoms with Crippen LogP contribution in [0.25, 0.3) is 0 Å². The average molecular weight is 424 g/mol. The number of allylic oxidation sites excluding steroid dienone is 4. The molecule has 0 aromatic heterocycles. The molecule has 0 saturated heterocycles. The molecule has 0 amide bonds. The van der Waals surface area contributed by atoms with Gasteiger partial charge in [-0.3, -0.25) is 4.79 Å². The van der Waals surface area contributed by atoms with Crippen LogP contribution in [0.5, 0.6) is 28.7 Å².